The average molecular weight is 460 g/mol. The monoisotopic (exact) mass is 459 g/mol. The van der Waals surface area contributed by atoms with Crippen LogP contribution in [0.4, 0.5) is 5.69 Å². The van der Waals surface area contributed by atoms with Crippen molar-refractivity contribution in [2.75, 3.05) is 5.32 Å². The first kappa shape index (κ1) is 22.2. The molecule has 0 radical (unpaired) electrons. The molecule has 0 saturated carbocycles. The Labute approximate surface area is 203 Å². The fourth-order valence-electron chi connectivity index (χ4n) is 4.41. The van der Waals surface area contributed by atoms with Crippen molar-refractivity contribution in [2.45, 2.75) is 20.0 Å². The number of imidazole rings is 1. The summed E-state index contributed by atoms with van der Waals surface area (Å²) in [5.74, 6) is 0. The lowest BCUT2D eigenvalue weighted by molar-refractivity contribution is 0.749. The van der Waals surface area contributed by atoms with Crippen LogP contribution in [0.5, 0.6) is 0 Å². The van der Waals surface area contributed by atoms with Gasteiger partial charge in [-0.15, -0.1) is 0 Å². The summed E-state index contributed by atoms with van der Waals surface area (Å²) in [6.07, 6.45) is 3.70. The topological polar surface area (TPSA) is 75.6 Å². The summed E-state index contributed by atoms with van der Waals surface area (Å²) in [4.78, 5) is 16.2. The molecule has 1 N–H and O–H groups in total. The number of benzene rings is 3. The Kier molecular flexibility index (Phi) is 5.90. The number of hydrogen-bond donors (Lipinski definition) is 1. The van der Waals surface area contributed by atoms with Crippen LogP contribution in [-0.4, -0.2) is 14.1 Å². The van der Waals surface area contributed by atoms with Gasteiger partial charge >= 0.3 is 0 Å². The predicted octanol–water partition coefficient (Wildman–Crippen LogP) is 5.24. The van der Waals surface area contributed by atoms with E-state index in [0.717, 1.165) is 44.5 Å². The molecule has 0 unspecified atom stereocenters. The summed E-state index contributed by atoms with van der Waals surface area (Å²) in [6.45, 7) is 3.33. The zero-order valence-corrected chi connectivity index (χ0v) is 19.7. The molecule has 0 amide bonds. The van der Waals surface area contributed by atoms with Gasteiger partial charge in [-0.1, -0.05) is 30.3 Å². The van der Waals surface area contributed by atoms with E-state index < -0.39 is 0 Å². The number of rotatable bonds is 6. The van der Waals surface area contributed by atoms with Crippen LogP contribution in [-0.2, 0) is 20.1 Å². The molecule has 3 aromatic carbocycles. The zero-order valence-electron chi connectivity index (χ0n) is 19.7. The average Bonchev–Trinajstić information content (AvgIpc) is 3.32. The van der Waals surface area contributed by atoms with Crippen LogP contribution in [0.2, 0.25) is 0 Å². The molecule has 0 atom stereocenters. The summed E-state index contributed by atoms with van der Waals surface area (Å²) in [6, 6.07) is 25.9. The Bertz CT molecular complexity index is 1640. The van der Waals surface area contributed by atoms with Crippen molar-refractivity contribution in [3.63, 3.8) is 0 Å². The Morgan fingerprint density at radius 2 is 1.86 bits per heavy atom. The van der Waals surface area contributed by atoms with Crippen molar-refractivity contribution < 1.29 is 0 Å². The lowest BCUT2D eigenvalue weighted by Crippen LogP contribution is -2.15. The third-order valence-corrected chi connectivity index (χ3v) is 6.39. The smallest absolute Gasteiger partial charge is 0.250 e. The highest BCUT2D eigenvalue weighted by Gasteiger charge is 2.10. The first-order valence-electron chi connectivity index (χ1n) is 11.5. The van der Waals surface area contributed by atoms with Crippen LogP contribution in [0.25, 0.3) is 22.0 Å². The maximum absolute atomic E-state index is 11.9. The van der Waals surface area contributed by atoms with Crippen molar-refractivity contribution in [2.24, 2.45) is 7.05 Å². The normalized spacial score (nSPS) is 10.9. The minimum atomic E-state index is -0.0181. The SMILES string of the molecule is Cc1ccccc1-c1cc(Cn2cncc2CNc2ccc3c(ccc(=O)n3C)c2)ccc1C#N. The quantitative estimate of drug-likeness (QED) is 0.377. The first-order chi connectivity index (χ1) is 17.0. The minimum absolute atomic E-state index is 0.0181. The minimum Gasteiger partial charge on any atom is -0.379 e. The number of fused-ring (bicyclic) bond motifs is 1. The molecule has 0 bridgehead atoms. The zero-order chi connectivity index (χ0) is 24.4. The molecule has 6 heteroatoms. The van der Waals surface area contributed by atoms with Gasteiger partial charge < -0.3 is 14.5 Å². The molecule has 0 aliphatic heterocycles. The van der Waals surface area contributed by atoms with Gasteiger partial charge in [-0.05, 0) is 60.0 Å². The Hall–Kier alpha value is -4.63. The van der Waals surface area contributed by atoms with E-state index in [1.807, 2.05) is 61.1 Å². The second kappa shape index (κ2) is 9.32. The number of hydrogen-bond acceptors (Lipinski definition) is 4. The van der Waals surface area contributed by atoms with Gasteiger partial charge in [0.1, 0.15) is 0 Å². The number of aromatic nitrogens is 3. The maximum Gasteiger partial charge on any atom is 0.250 e. The highest BCUT2D eigenvalue weighted by atomic mass is 16.1. The molecule has 172 valence electrons. The van der Waals surface area contributed by atoms with Crippen LogP contribution < -0.4 is 10.9 Å². The van der Waals surface area contributed by atoms with Gasteiger partial charge in [0.05, 0.1) is 35.7 Å². The molecule has 6 nitrogen and oxygen atoms in total. The van der Waals surface area contributed by atoms with E-state index in [9.17, 15) is 10.1 Å². The van der Waals surface area contributed by atoms with Crippen molar-refractivity contribution in [1.82, 2.24) is 14.1 Å². The van der Waals surface area contributed by atoms with Crippen molar-refractivity contribution >= 4 is 16.6 Å². The van der Waals surface area contributed by atoms with Gasteiger partial charge in [0.15, 0.2) is 0 Å². The highest BCUT2D eigenvalue weighted by molar-refractivity contribution is 5.82. The van der Waals surface area contributed by atoms with Gasteiger partial charge in [-0.3, -0.25) is 4.79 Å². The first-order valence-corrected chi connectivity index (χ1v) is 11.5. The van der Waals surface area contributed by atoms with E-state index in [-0.39, 0.29) is 5.56 Å². The van der Waals surface area contributed by atoms with E-state index in [2.05, 4.69) is 46.1 Å². The predicted molar refractivity (Wildman–Crippen MR) is 139 cm³/mol. The lowest BCUT2D eigenvalue weighted by Gasteiger charge is -2.13. The third-order valence-electron chi connectivity index (χ3n) is 6.39. The molecule has 0 saturated heterocycles. The van der Waals surface area contributed by atoms with Crippen molar-refractivity contribution in [3.8, 4) is 17.2 Å². The Morgan fingerprint density at radius 3 is 2.69 bits per heavy atom. The number of pyridine rings is 1. The summed E-state index contributed by atoms with van der Waals surface area (Å²) >= 11 is 0. The van der Waals surface area contributed by atoms with Gasteiger partial charge in [-0.2, -0.15) is 5.26 Å². The lowest BCUT2D eigenvalue weighted by atomic mass is 9.94. The molecule has 0 aliphatic rings. The second-order valence-electron chi connectivity index (χ2n) is 8.68. The molecule has 2 aromatic heterocycles. The van der Waals surface area contributed by atoms with E-state index >= 15 is 0 Å². The van der Waals surface area contributed by atoms with Crippen LogP contribution in [0.15, 0.2) is 90.1 Å². The fourth-order valence-corrected chi connectivity index (χ4v) is 4.41. The second-order valence-corrected chi connectivity index (χ2v) is 8.68. The molecule has 0 aliphatic carbocycles. The Morgan fingerprint density at radius 1 is 1.00 bits per heavy atom. The van der Waals surface area contributed by atoms with E-state index in [4.69, 9.17) is 0 Å². The molecule has 5 rings (SSSR count). The molecule has 5 aromatic rings. The molecular formula is C29H25N5O. The number of nitrogens with one attached hydrogen (secondary N) is 1. The van der Waals surface area contributed by atoms with E-state index in [0.29, 0.717) is 18.7 Å². The highest BCUT2D eigenvalue weighted by Crippen LogP contribution is 2.28. The summed E-state index contributed by atoms with van der Waals surface area (Å²) in [5.41, 5.74) is 7.85. The van der Waals surface area contributed by atoms with Crippen LogP contribution >= 0.6 is 0 Å². The third kappa shape index (κ3) is 4.44. The molecule has 0 fully saturated rings. The van der Waals surface area contributed by atoms with Crippen molar-refractivity contribution in [3.05, 3.63) is 118 Å². The number of anilines is 1. The summed E-state index contributed by atoms with van der Waals surface area (Å²) < 4.78 is 3.76. The van der Waals surface area contributed by atoms with Gasteiger partial charge in [-0.25, -0.2) is 4.98 Å². The van der Waals surface area contributed by atoms with Gasteiger partial charge in [0.25, 0.3) is 5.56 Å². The number of aryl methyl sites for hydroxylation is 2. The van der Waals surface area contributed by atoms with Crippen LogP contribution in [0.1, 0.15) is 22.4 Å². The number of nitrogens with zero attached hydrogens (tertiary/aromatic N) is 4. The summed E-state index contributed by atoms with van der Waals surface area (Å²) in [5, 5.41) is 14.1. The number of nitriles is 1. The Balaban J connectivity index is 1.37. The van der Waals surface area contributed by atoms with Crippen LogP contribution in [0, 0.1) is 18.3 Å². The standard InChI is InChI=1S/C29H25N5O/c1-20-5-3-4-6-26(20)27-13-21(7-8-23(27)15-30)18-34-19-31-16-25(34)17-32-24-10-11-28-22(14-24)9-12-29(35)33(28)2/h3-14,16,19,32H,17-18H2,1-2H3. The van der Waals surface area contributed by atoms with Crippen molar-refractivity contribution in [1.29, 1.82) is 5.26 Å². The fraction of sp³-hybridized carbons (Fsp3) is 0.138. The maximum atomic E-state index is 11.9. The molecule has 0 spiro atoms. The van der Waals surface area contributed by atoms with E-state index in [1.165, 1.54) is 0 Å². The van der Waals surface area contributed by atoms with Gasteiger partial charge in [0.2, 0.25) is 0 Å². The molecule has 2 heterocycles. The largest absolute Gasteiger partial charge is 0.379 e. The summed E-state index contributed by atoms with van der Waals surface area (Å²) in [7, 11) is 1.78. The van der Waals surface area contributed by atoms with Crippen LogP contribution in [0.3, 0.4) is 0 Å². The molecule has 35 heavy (non-hydrogen) atoms. The van der Waals surface area contributed by atoms with E-state index in [1.54, 1.807) is 17.7 Å². The van der Waals surface area contributed by atoms with Gasteiger partial charge in [0, 0.05) is 42.5 Å². The molecular weight excluding hydrogens is 434 g/mol.